The SMILES string of the molecule is O=C([O-])c1cc(Br)c2c(c1)[C@H]1C=CC[C@@H]1[C@@H](c1ccc(OCc3ccccc3Cl)cc1)N2. The van der Waals surface area contributed by atoms with Crippen LogP contribution in [0.25, 0.3) is 0 Å². The lowest BCUT2D eigenvalue weighted by Crippen LogP contribution is -2.30. The summed E-state index contributed by atoms with van der Waals surface area (Å²) in [5.74, 6) is 0.0802. The van der Waals surface area contributed by atoms with Crippen molar-refractivity contribution >= 4 is 39.2 Å². The fourth-order valence-electron chi connectivity index (χ4n) is 4.65. The first-order valence-corrected chi connectivity index (χ1v) is 11.6. The number of halogens is 2. The second-order valence-corrected chi connectivity index (χ2v) is 9.40. The van der Waals surface area contributed by atoms with Crippen molar-refractivity contribution in [2.45, 2.75) is 25.0 Å². The zero-order valence-corrected chi connectivity index (χ0v) is 19.4. The number of carboxylic acids is 1. The number of fused-ring (bicyclic) bond motifs is 3. The molecule has 0 aromatic heterocycles. The van der Waals surface area contributed by atoms with Crippen LogP contribution in [0.2, 0.25) is 5.02 Å². The number of ether oxygens (including phenoxy) is 1. The van der Waals surface area contributed by atoms with Crippen LogP contribution in [-0.2, 0) is 6.61 Å². The standard InChI is InChI=1S/C26H21BrClNO3/c27-22-13-17(26(30)31)12-21-19-5-3-6-20(19)24(29-25(21)22)15-8-10-18(11-9-15)32-14-16-4-1-2-7-23(16)28/h1-5,7-13,19-20,24,29H,6,14H2,(H,30,31)/p-1/t19-,20-,24+/m0/s1. The van der Waals surface area contributed by atoms with Gasteiger partial charge in [-0.3, -0.25) is 0 Å². The van der Waals surface area contributed by atoms with Crippen LogP contribution in [0.15, 0.2) is 77.3 Å². The highest BCUT2D eigenvalue weighted by molar-refractivity contribution is 9.10. The minimum atomic E-state index is -1.17. The molecule has 0 bridgehead atoms. The summed E-state index contributed by atoms with van der Waals surface area (Å²) in [6, 6.07) is 19.2. The number of carbonyl (C=O) groups excluding carboxylic acids is 1. The number of hydrogen-bond acceptors (Lipinski definition) is 4. The summed E-state index contributed by atoms with van der Waals surface area (Å²) in [6.07, 6.45) is 5.30. The van der Waals surface area contributed by atoms with E-state index in [1.807, 2.05) is 36.4 Å². The topological polar surface area (TPSA) is 61.4 Å². The molecule has 2 aliphatic rings. The Balaban J connectivity index is 1.38. The number of hydrogen-bond donors (Lipinski definition) is 1. The van der Waals surface area contributed by atoms with Crippen molar-refractivity contribution in [2.24, 2.45) is 5.92 Å². The van der Waals surface area contributed by atoms with Gasteiger partial charge in [0.05, 0.1) is 17.7 Å². The first kappa shape index (κ1) is 21.1. The van der Waals surface area contributed by atoms with Crippen molar-refractivity contribution < 1.29 is 14.6 Å². The smallest absolute Gasteiger partial charge is 0.119 e. The van der Waals surface area contributed by atoms with Crippen molar-refractivity contribution in [3.8, 4) is 5.75 Å². The molecule has 0 amide bonds. The molecule has 0 radical (unpaired) electrons. The van der Waals surface area contributed by atoms with Crippen molar-refractivity contribution in [1.29, 1.82) is 0 Å². The first-order chi connectivity index (χ1) is 15.5. The minimum absolute atomic E-state index is 0.102. The second kappa shape index (κ2) is 8.64. The molecule has 0 saturated carbocycles. The normalized spacial score (nSPS) is 20.9. The van der Waals surface area contributed by atoms with Crippen LogP contribution in [0.1, 0.15) is 45.4 Å². The van der Waals surface area contributed by atoms with Gasteiger partial charge in [0, 0.05) is 21.0 Å². The summed E-state index contributed by atoms with van der Waals surface area (Å²) in [5, 5.41) is 15.8. The molecule has 1 N–H and O–H groups in total. The Labute approximate surface area is 200 Å². The molecule has 4 nitrogen and oxygen atoms in total. The van der Waals surface area contributed by atoms with Gasteiger partial charge in [-0.15, -0.1) is 0 Å². The number of nitrogens with one attached hydrogen (secondary N) is 1. The molecule has 32 heavy (non-hydrogen) atoms. The lowest BCUT2D eigenvalue weighted by molar-refractivity contribution is -0.255. The maximum Gasteiger partial charge on any atom is 0.119 e. The monoisotopic (exact) mass is 508 g/mol. The molecule has 0 saturated heterocycles. The summed E-state index contributed by atoms with van der Waals surface area (Å²) in [6.45, 7) is 0.413. The summed E-state index contributed by atoms with van der Waals surface area (Å²) in [5.41, 5.74) is 4.23. The van der Waals surface area contributed by atoms with Gasteiger partial charge in [-0.25, -0.2) is 0 Å². The van der Waals surface area contributed by atoms with Crippen LogP contribution in [0, 0.1) is 5.92 Å². The number of carbonyl (C=O) groups is 1. The summed E-state index contributed by atoms with van der Waals surface area (Å²) in [7, 11) is 0. The molecule has 3 aromatic carbocycles. The first-order valence-electron chi connectivity index (χ1n) is 10.5. The van der Waals surface area contributed by atoms with Gasteiger partial charge < -0.3 is 20.0 Å². The lowest BCUT2D eigenvalue weighted by Gasteiger charge is -2.38. The molecule has 1 aliphatic carbocycles. The average Bonchev–Trinajstić information content (AvgIpc) is 3.29. The van der Waals surface area contributed by atoms with Crippen LogP contribution in [0.5, 0.6) is 5.75 Å². The lowest BCUT2D eigenvalue weighted by atomic mass is 9.76. The van der Waals surface area contributed by atoms with Crippen LogP contribution in [0.4, 0.5) is 5.69 Å². The van der Waals surface area contributed by atoms with Gasteiger partial charge in [-0.1, -0.05) is 54.1 Å². The van der Waals surface area contributed by atoms with Gasteiger partial charge in [-0.05, 0) is 75.3 Å². The summed E-state index contributed by atoms with van der Waals surface area (Å²) >= 11 is 9.77. The Morgan fingerprint density at radius 3 is 2.69 bits per heavy atom. The molecular weight excluding hydrogens is 490 g/mol. The highest BCUT2D eigenvalue weighted by atomic mass is 79.9. The second-order valence-electron chi connectivity index (χ2n) is 8.13. The maximum absolute atomic E-state index is 11.4. The third-order valence-electron chi connectivity index (χ3n) is 6.25. The maximum atomic E-state index is 11.4. The number of anilines is 1. The van der Waals surface area contributed by atoms with Crippen molar-refractivity contribution in [3.63, 3.8) is 0 Å². The van der Waals surface area contributed by atoms with Gasteiger partial charge in [-0.2, -0.15) is 0 Å². The van der Waals surface area contributed by atoms with E-state index in [0.717, 1.165) is 39.0 Å². The largest absolute Gasteiger partial charge is 0.545 e. The highest BCUT2D eigenvalue weighted by Gasteiger charge is 2.38. The van der Waals surface area contributed by atoms with Crippen LogP contribution >= 0.6 is 27.5 Å². The average molecular weight is 510 g/mol. The fourth-order valence-corrected chi connectivity index (χ4v) is 5.43. The Morgan fingerprint density at radius 2 is 1.94 bits per heavy atom. The molecule has 5 rings (SSSR count). The molecule has 6 heteroatoms. The highest BCUT2D eigenvalue weighted by Crippen LogP contribution is 2.51. The van der Waals surface area contributed by atoms with Crippen molar-refractivity contribution in [2.75, 3.05) is 5.32 Å². The third-order valence-corrected chi connectivity index (χ3v) is 7.24. The molecule has 0 fully saturated rings. The minimum Gasteiger partial charge on any atom is -0.545 e. The Hall–Kier alpha value is -2.76. The third kappa shape index (κ3) is 3.91. The van der Waals surface area contributed by atoms with E-state index in [0.29, 0.717) is 17.5 Å². The fraction of sp³-hybridized carbons (Fsp3) is 0.192. The van der Waals surface area contributed by atoms with Gasteiger partial charge >= 0.3 is 0 Å². The van der Waals surface area contributed by atoms with Crippen molar-refractivity contribution in [3.05, 3.63) is 105 Å². The number of allylic oxidation sites excluding steroid dienone is 2. The number of benzene rings is 3. The molecule has 3 atom stereocenters. The Morgan fingerprint density at radius 1 is 1.16 bits per heavy atom. The van der Waals surface area contributed by atoms with E-state index in [1.54, 1.807) is 12.1 Å². The zero-order valence-electron chi connectivity index (χ0n) is 17.1. The van der Waals surface area contributed by atoms with E-state index >= 15 is 0 Å². The Bertz CT molecular complexity index is 1210. The predicted octanol–water partition coefficient (Wildman–Crippen LogP) is 5.87. The summed E-state index contributed by atoms with van der Waals surface area (Å²) in [4.78, 5) is 11.4. The quantitative estimate of drug-likeness (QED) is 0.437. The molecule has 1 aliphatic heterocycles. The van der Waals surface area contributed by atoms with Gasteiger partial charge in [0.2, 0.25) is 0 Å². The Kier molecular flexibility index (Phi) is 5.70. The zero-order chi connectivity index (χ0) is 22.2. The number of carboxylic acid groups (broad SMARTS) is 1. The van der Waals surface area contributed by atoms with E-state index in [4.69, 9.17) is 16.3 Å². The number of aromatic carboxylic acids is 1. The van der Waals surface area contributed by atoms with Gasteiger partial charge in [0.1, 0.15) is 12.4 Å². The van der Waals surface area contributed by atoms with E-state index in [9.17, 15) is 9.90 Å². The van der Waals surface area contributed by atoms with Crippen LogP contribution in [-0.4, -0.2) is 5.97 Å². The molecule has 0 unspecified atom stereocenters. The van der Waals surface area contributed by atoms with Gasteiger partial charge in [0.15, 0.2) is 0 Å². The van der Waals surface area contributed by atoms with Gasteiger partial charge in [0.25, 0.3) is 0 Å². The van der Waals surface area contributed by atoms with E-state index in [1.165, 1.54) is 0 Å². The van der Waals surface area contributed by atoms with E-state index in [2.05, 4.69) is 45.5 Å². The number of rotatable bonds is 5. The molecular formula is C26H20BrClNO3-. The van der Waals surface area contributed by atoms with E-state index < -0.39 is 5.97 Å². The molecule has 1 heterocycles. The molecule has 0 spiro atoms. The van der Waals surface area contributed by atoms with Crippen LogP contribution in [0.3, 0.4) is 0 Å². The van der Waals surface area contributed by atoms with E-state index in [-0.39, 0.29) is 17.5 Å². The molecule has 162 valence electrons. The summed E-state index contributed by atoms with van der Waals surface area (Å²) < 4.78 is 6.66. The molecule has 3 aromatic rings. The predicted molar refractivity (Wildman–Crippen MR) is 127 cm³/mol. The van der Waals surface area contributed by atoms with Crippen LogP contribution < -0.4 is 15.2 Å². The van der Waals surface area contributed by atoms with Crippen molar-refractivity contribution in [1.82, 2.24) is 0 Å².